The fraction of sp³-hybridized carbons (Fsp3) is 0.500. The summed E-state index contributed by atoms with van der Waals surface area (Å²) in [4.78, 5) is 30.2. The molecule has 16 heavy (non-hydrogen) atoms. The van der Waals surface area contributed by atoms with Crippen LogP contribution in [0.2, 0.25) is 0 Å². The van der Waals surface area contributed by atoms with Crippen LogP contribution in [0, 0.1) is 0 Å². The summed E-state index contributed by atoms with van der Waals surface area (Å²) < 4.78 is 0. The average Bonchev–Trinajstić information content (AvgIpc) is 1.82. The Labute approximate surface area is 105 Å². The monoisotopic (exact) mass is 250 g/mol. The van der Waals surface area contributed by atoms with Crippen molar-refractivity contribution in [2.24, 2.45) is 0 Å². The van der Waals surface area contributed by atoms with Gasteiger partial charge in [0, 0.05) is 12.4 Å². The third kappa shape index (κ3) is 8.37. The molecular formula is C6H10MgO9. The molecule has 0 aromatic rings. The van der Waals surface area contributed by atoms with Crippen LogP contribution in [-0.2, 0) is 14.4 Å². The summed E-state index contributed by atoms with van der Waals surface area (Å²) in [7, 11) is 0. The molecule has 0 saturated heterocycles. The predicted octanol–water partition coefficient (Wildman–Crippen LogP) is -5.95. The molecule has 0 fully saturated rings. The second kappa shape index (κ2) is 9.29. The average molecular weight is 250 g/mol. The van der Waals surface area contributed by atoms with Crippen LogP contribution in [0.3, 0.4) is 0 Å². The van der Waals surface area contributed by atoms with E-state index in [0.29, 0.717) is 0 Å². The Balaban J connectivity index is -0.000000240. The van der Waals surface area contributed by atoms with Crippen LogP contribution in [0.25, 0.3) is 0 Å². The molecule has 9 nitrogen and oxygen atoms in total. The number of carboxylic acid groups (broad SMARTS) is 3. The van der Waals surface area contributed by atoms with Crippen molar-refractivity contribution in [2.45, 2.75) is 18.4 Å². The van der Waals surface area contributed by atoms with Crippen LogP contribution in [0.15, 0.2) is 0 Å². The van der Waals surface area contributed by atoms with Gasteiger partial charge in [-0.3, -0.25) is 4.79 Å². The van der Waals surface area contributed by atoms with Crippen molar-refractivity contribution in [3.05, 3.63) is 0 Å². The molecule has 0 aliphatic carbocycles. The van der Waals surface area contributed by atoms with E-state index < -0.39 is 36.4 Å². The molecule has 0 radical (unpaired) electrons. The van der Waals surface area contributed by atoms with E-state index in [-0.39, 0.29) is 34.0 Å². The molecule has 0 spiro atoms. The van der Waals surface area contributed by atoms with E-state index in [0.717, 1.165) is 0 Å². The van der Waals surface area contributed by atoms with Gasteiger partial charge in [0.05, 0.1) is 12.4 Å². The Morgan fingerprint density at radius 2 is 1.44 bits per heavy atom. The molecule has 1 atom stereocenters. The molecular weight excluding hydrogens is 240 g/mol. The quantitative estimate of drug-likeness (QED) is 0.452. The Morgan fingerprint density at radius 3 is 1.62 bits per heavy atom. The van der Waals surface area contributed by atoms with Gasteiger partial charge < -0.3 is 41.0 Å². The summed E-state index contributed by atoms with van der Waals surface area (Å²) in [5.41, 5.74) is -2.91. The molecule has 0 heterocycles. The van der Waals surface area contributed by atoms with Crippen molar-refractivity contribution in [1.82, 2.24) is 0 Å². The van der Waals surface area contributed by atoms with Crippen molar-refractivity contribution in [3.8, 4) is 0 Å². The second-order valence-electron chi connectivity index (χ2n) is 2.44. The second-order valence-corrected chi connectivity index (χ2v) is 2.44. The maximum atomic E-state index is 10.2. The zero-order valence-corrected chi connectivity index (χ0v) is 9.47. The molecule has 0 saturated carbocycles. The third-order valence-electron chi connectivity index (χ3n) is 1.26. The third-order valence-corrected chi connectivity index (χ3v) is 1.26. The minimum Gasteiger partial charge on any atom is -0.550 e. The van der Waals surface area contributed by atoms with Crippen LogP contribution in [0.1, 0.15) is 12.8 Å². The van der Waals surface area contributed by atoms with Crippen molar-refractivity contribution in [3.63, 3.8) is 0 Å². The number of rotatable bonds is 5. The van der Waals surface area contributed by atoms with Crippen LogP contribution >= 0.6 is 0 Å². The standard InChI is InChI=1S/C6H8O7.Mg.2H2O/c7-3(8)1-6(13,5(11)12)2-4(9)10;;;/h13H,1-2H2,(H,7,8)(H,9,10)(H,11,12);;2*1H2/q;+2;;/p-2. The number of hydrogen-bond donors (Lipinski definition) is 2. The molecule has 90 valence electrons. The van der Waals surface area contributed by atoms with Gasteiger partial charge in [-0.15, -0.1) is 0 Å². The Morgan fingerprint density at radius 1 is 1.06 bits per heavy atom. The molecule has 0 aliphatic rings. The molecule has 0 amide bonds. The van der Waals surface area contributed by atoms with Gasteiger partial charge in [0.1, 0.15) is 5.60 Å². The number of carboxylic acids is 3. The molecule has 10 heteroatoms. The first-order valence-corrected chi connectivity index (χ1v) is 3.13. The Hall–Kier alpha value is -0.944. The van der Waals surface area contributed by atoms with Gasteiger partial charge in [-0.1, -0.05) is 0 Å². The van der Waals surface area contributed by atoms with Crippen molar-refractivity contribution >= 4 is 41.0 Å². The van der Waals surface area contributed by atoms with E-state index in [1.54, 1.807) is 0 Å². The zero-order valence-electron chi connectivity index (χ0n) is 8.06. The normalized spacial score (nSPS) is 11.8. The molecule has 0 rings (SSSR count). The van der Waals surface area contributed by atoms with Gasteiger partial charge >= 0.3 is 29.0 Å². The van der Waals surface area contributed by atoms with Crippen LogP contribution < -0.4 is 10.2 Å². The largest absolute Gasteiger partial charge is 2.00 e. The van der Waals surface area contributed by atoms with Gasteiger partial charge in [0.25, 0.3) is 0 Å². The zero-order chi connectivity index (χ0) is 10.6. The number of aliphatic hydroxyl groups is 1. The molecule has 0 aliphatic heterocycles. The molecule has 1 unspecified atom stereocenters. The fourth-order valence-corrected chi connectivity index (χ4v) is 0.696. The van der Waals surface area contributed by atoms with E-state index in [9.17, 15) is 24.6 Å². The van der Waals surface area contributed by atoms with Crippen LogP contribution in [0.5, 0.6) is 0 Å². The number of carbonyl (C=O) groups excluding carboxylic acids is 2. The van der Waals surface area contributed by atoms with E-state index in [1.165, 1.54) is 0 Å². The SMILES string of the molecule is O.O.O=C([O-])CC(O)(CC(=O)O)C(=O)[O-].[Mg+2]. The summed E-state index contributed by atoms with van der Waals surface area (Å²) in [6.07, 6.45) is -2.56. The van der Waals surface area contributed by atoms with Crippen LogP contribution in [-0.4, -0.2) is 67.7 Å². The summed E-state index contributed by atoms with van der Waals surface area (Å²) >= 11 is 0. The van der Waals surface area contributed by atoms with Crippen molar-refractivity contribution < 1.29 is 45.8 Å². The summed E-state index contributed by atoms with van der Waals surface area (Å²) in [5.74, 6) is -5.67. The fourth-order valence-electron chi connectivity index (χ4n) is 0.696. The Kier molecular flexibility index (Phi) is 14.1. The van der Waals surface area contributed by atoms with Gasteiger partial charge in [-0.25, -0.2) is 0 Å². The maximum absolute atomic E-state index is 10.2. The van der Waals surface area contributed by atoms with Gasteiger partial charge in [-0.2, -0.15) is 0 Å². The summed E-state index contributed by atoms with van der Waals surface area (Å²) in [6.45, 7) is 0. The van der Waals surface area contributed by atoms with Gasteiger partial charge in [0.15, 0.2) is 0 Å². The first kappa shape index (κ1) is 24.3. The molecule has 0 aromatic carbocycles. The smallest absolute Gasteiger partial charge is 0.550 e. The predicted molar refractivity (Wildman–Crippen MR) is 44.8 cm³/mol. The summed E-state index contributed by atoms with van der Waals surface area (Å²) in [5, 5.41) is 37.2. The molecule has 0 aromatic heterocycles. The molecule has 6 N–H and O–H groups in total. The summed E-state index contributed by atoms with van der Waals surface area (Å²) in [6, 6.07) is 0. The van der Waals surface area contributed by atoms with Gasteiger partial charge in [0.2, 0.25) is 0 Å². The minimum absolute atomic E-state index is 0. The van der Waals surface area contributed by atoms with E-state index in [4.69, 9.17) is 10.2 Å². The van der Waals surface area contributed by atoms with Crippen molar-refractivity contribution in [1.29, 1.82) is 0 Å². The van der Waals surface area contributed by atoms with Crippen LogP contribution in [0.4, 0.5) is 0 Å². The number of aliphatic carboxylic acids is 3. The first-order chi connectivity index (χ1) is 5.78. The van der Waals surface area contributed by atoms with E-state index >= 15 is 0 Å². The molecule has 0 bridgehead atoms. The van der Waals surface area contributed by atoms with E-state index in [2.05, 4.69) is 0 Å². The number of hydrogen-bond acceptors (Lipinski definition) is 6. The number of carbonyl (C=O) groups is 3. The topological polar surface area (TPSA) is 201 Å². The maximum Gasteiger partial charge on any atom is 2.00 e. The van der Waals surface area contributed by atoms with Crippen molar-refractivity contribution in [2.75, 3.05) is 0 Å². The first-order valence-electron chi connectivity index (χ1n) is 3.13. The van der Waals surface area contributed by atoms with E-state index in [1.807, 2.05) is 0 Å². The minimum atomic E-state index is -2.91. The van der Waals surface area contributed by atoms with Gasteiger partial charge in [-0.05, 0) is 0 Å². The Bertz CT molecular complexity index is 234.